The van der Waals surface area contributed by atoms with Gasteiger partial charge < -0.3 is 10.6 Å². The molecule has 0 saturated carbocycles. The molecule has 3 rings (SSSR count). The fraction of sp³-hybridized carbons (Fsp3) is 0.600. The standard InChI is InChI=1S/C10H15N5/c1-14-5-8-2-7(14)6-15(8)10-4-12-9(11)3-13-10/h3-4,7-8H,2,5-6H2,1H3,(H2,11,12)/t7-,8-/m0/s1. The Labute approximate surface area is 88.9 Å². The molecule has 0 aliphatic carbocycles. The molecule has 1 aromatic rings. The molecule has 5 heteroatoms. The van der Waals surface area contributed by atoms with Crippen molar-refractivity contribution in [3.05, 3.63) is 12.4 Å². The molecule has 80 valence electrons. The van der Waals surface area contributed by atoms with Gasteiger partial charge in [-0.1, -0.05) is 0 Å². The molecule has 0 spiro atoms. The molecule has 0 amide bonds. The topological polar surface area (TPSA) is 58.3 Å². The quantitative estimate of drug-likeness (QED) is 0.696. The molecule has 2 bridgehead atoms. The Bertz CT molecular complexity index is 361. The average Bonchev–Trinajstić information content (AvgIpc) is 2.77. The van der Waals surface area contributed by atoms with Gasteiger partial charge in [-0.05, 0) is 13.5 Å². The van der Waals surface area contributed by atoms with E-state index >= 15 is 0 Å². The van der Waals surface area contributed by atoms with Gasteiger partial charge in [0, 0.05) is 25.2 Å². The first kappa shape index (κ1) is 8.91. The van der Waals surface area contributed by atoms with Crippen molar-refractivity contribution in [2.24, 2.45) is 0 Å². The summed E-state index contributed by atoms with van der Waals surface area (Å²) >= 11 is 0. The van der Waals surface area contributed by atoms with Crippen LogP contribution in [-0.4, -0.2) is 47.1 Å². The fourth-order valence-electron chi connectivity index (χ4n) is 2.63. The molecule has 2 fully saturated rings. The van der Waals surface area contributed by atoms with Crippen molar-refractivity contribution < 1.29 is 0 Å². The second-order valence-corrected chi connectivity index (χ2v) is 4.43. The van der Waals surface area contributed by atoms with E-state index in [4.69, 9.17) is 5.73 Å². The largest absolute Gasteiger partial charge is 0.382 e. The first-order chi connectivity index (χ1) is 7.24. The Morgan fingerprint density at radius 2 is 2.13 bits per heavy atom. The molecular weight excluding hydrogens is 190 g/mol. The summed E-state index contributed by atoms with van der Waals surface area (Å²) < 4.78 is 0. The number of likely N-dealkylation sites (tertiary alicyclic amines) is 1. The van der Waals surface area contributed by atoms with Crippen molar-refractivity contribution in [1.29, 1.82) is 0 Å². The van der Waals surface area contributed by atoms with E-state index < -0.39 is 0 Å². The van der Waals surface area contributed by atoms with Crippen molar-refractivity contribution in [2.45, 2.75) is 18.5 Å². The van der Waals surface area contributed by atoms with E-state index in [-0.39, 0.29) is 0 Å². The molecule has 5 nitrogen and oxygen atoms in total. The van der Waals surface area contributed by atoms with Crippen LogP contribution in [0.2, 0.25) is 0 Å². The summed E-state index contributed by atoms with van der Waals surface area (Å²) in [6.45, 7) is 2.20. The SMILES string of the molecule is CN1C[C@@H]2C[C@H]1CN2c1cnc(N)cn1. The number of nitrogen functional groups attached to an aromatic ring is 1. The Morgan fingerprint density at radius 1 is 1.27 bits per heavy atom. The van der Waals surface area contributed by atoms with E-state index in [0.29, 0.717) is 17.9 Å². The minimum Gasteiger partial charge on any atom is -0.382 e. The lowest BCUT2D eigenvalue weighted by atomic mass is 10.2. The second-order valence-electron chi connectivity index (χ2n) is 4.43. The zero-order chi connectivity index (χ0) is 10.4. The Hall–Kier alpha value is -1.36. The fourth-order valence-corrected chi connectivity index (χ4v) is 2.63. The lowest BCUT2D eigenvalue weighted by molar-refractivity contribution is 0.292. The van der Waals surface area contributed by atoms with Gasteiger partial charge in [-0.15, -0.1) is 0 Å². The number of nitrogens with two attached hydrogens (primary N) is 1. The maximum atomic E-state index is 5.52. The summed E-state index contributed by atoms with van der Waals surface area (Å²) in [5.41, 5.74) is 5.52. The van der Waals surface area contributed by atoms with Crippen LogP contribution in [0, 0.1) is 0 Å². The van der Waals surface area contributed by atoms with Crippen molar-refractivity contribution in [3.8, 4) is 0 Å². The smallest absolute Gasteiger partial charge is 0.147 e. The predicted octanol–water partition coefficient (Wildman–Crippen LogP) is -0.0485. The van der Waals surface area contributed by atoms with E-state index in [1.165, 1.54) is 6.42 Å². The average molecular weight is 205 g/mol. The molecule has 2 saturated heterocycles. The highest BCUT2D eigenvalue weighted by molar-refractivity contribution is 5.43. The molecular formula is C10H15N5. The van der Waals surface area contributed by atoms with Gasteiger partial charge in [0.2, 0.25) is 0 Å². The maximum Gasteiger partial charge on any atom is 0.147 e. The van der Waals surface area contributed by atoms with Gasteiger partial charge in [-0.3, -0.25) is 4.90 Å². The molecule has 2 N–H and O–H groups in total. The maximum absolute atomic E-state index is 5.52. The van der Waals surface area contributed by atoms with Gasteiger partial charge in [0.05, 0.1) is 12.4 Å². The number of hydrogen-bond acceptors (Lipinski definition) is 5. The number of anilines is 2. The van der Waals surface area contributed by atoms with Gasteiger partial charge in [-0.2, -0.15) is 0 Å². The predicted molar refractivity (Wildman–Crippen MR) is 58.6 cm³/mol. The molecule has 2 aliphatic heterocycles. The van der Waals surface area contributed by atoms with E-state index in [1.54, 1.807) is 12.4 Å². The van der Waals surface area contributed by atoms with Crippen LogP contribution in [0.3, 0.4) is 0 Å². The highest BCUT2D eigenvalue weighted by Crippen LogP contribution is 2.32. The molecule has 15 heavy (non-hydrogen) atoms. The molecule has 0 aromatic carbocycles. The van der Waals surface area contributed by atoms with Crippen LogP contribution in [0.4, 0.5) is 11.6 Å². The van der Waals surface area contributed by atoms with Gasteiger partial charge in [0.15, 0.2) is 0 Å². The van der Waals surface area contributed by atoms with Gasteiger partial charge >= 0.3 is 0 Å². The summed E-state index contributed by atoms with van der Waals surface area (Å²) in [4.78, 5) is 13.2. The van der Waals surface area contributed by atoms with Crippen molar-refractivity contribution in [2.75, 3.05) is 30.8 Å². The lowest BCUT2D eigenvalue weighted by Gasteiger charge is -2.32. The molecule has 0 unspecified atom stereocenters. The monoisotopic (exact) mass is 205 g/mol. The van der Waals surface area contributed by atoms with E-state index in [0.717, 1.165) is 18.9 Å². The summed E-state index contributed by atoms with van der Waals surface area (Å²) in [5.74, 6) is 1.45. The highest BCUT2D eigenvalue weighted by atomic mass is 15.4. The van der Waals surface area contributed by atoms with Gasteiger partial charge in [0.1, 0.15) is 11.6 Å². The Balaban J connectivity index is 1.83. The van der Waals surface area contributed by atoms with Gasteiger partial charge in [0.25, 0.3) is 0 Å². The number of aromatic nitrogens is 2. The van der Waals surface area contributed by atoms with Crippen LogP contribution >= 0.6 is 0 Å². The summed E-state index contributed by atoms with van der Waals surface area (Å²) in [6, 6.07) is 1.30. The third kappa shape index (κ3) is 1.34. The van der Waals surface area contributed by atoms with E-state index in [1.807, 2.05) is 0 Å². The zero-order valence-electron chi connectivity index (χ0n) is 8.80. The van der Waals surface area contributed by atoms with Crippen molar-refractivity contribution in [3.63, 3.8) is 0 Å². The molecule has 2 atom stereocenters. The van der Waals surface area contributed by atoms with Crippen LogP contribution in [0.1, 0.15) is 6.42 Å². The van der Waals surface area contributed by atoms with E-state index in [2.05, 4.69) is 26.8 Å². The number of likely N-dealkylation sites (N-methyl/N-ethyl adjacent to an activating group) is 1. The Morgan fingerprint density at radius 3 is 2.67 bits per heavy atom. The van der Waals surface area contributed by atoms with Crippen LogP contribution in [0.25, 0.3) is 0 Å². The van der Waals surface area contributed by atoms with Crippen LogP contribution in [-0.2, 0) is 0 Å². The number of rotatable bonds is 1. The molecule has 2 aliphatic rings. The second kappa shape index (κ2) is 3.06. The first-order valence-electron chi connectivity index (χ1n) is 5.28. The zero-order valence-corrected chi connectivity index (χ0v) is 8.80. The molecule has 3 heterocycles. The lowest BCUT2D eigenvalue weighted by Crippen LogP contribution is -2.44. The molecule has 1 aromatic heterocycles. The van der Waals surface area contributed by atoms with Crippen LogP contribution in [0.5, 0.6) is 0 Å². The summed E-state index contributed by atoms with van der Waals surface area (Å²) in [6.07, 6.45) is 4.66. The number of nitrogens with zero attached hydrogens (tertiary/aromatic N) is 4. The van der Waals surface area contributed by atoms with E-state index in [9.17, 15) is 0 Å². The van der Waals surface area contributed by atoms with Crippen LogP contribution in [0.15, 0.2) is 12.4 Å². The number of fused-ring (bicyclic) bond motifs is 2. The minimum atomic E-state index is 0.486. The summed E-state index contributed by atoms with van der Waals surface area (Å²) in [7, 11) is 2.19. The van der Waals surface area contributed by atoms with Crippen molar-refractivity contribution in [1.82, 2.24) is 14.9 Å². The number of hydrogen-bond donors (Lipinski definition) is 1. The number of piperazine rings is 1. The van der Waals surface area contributed by atoms with Crippen LogP contribution < -0.4 is 10.6 Å². The summed E-state index contributed by atoms with van der Waals surface area (Å²) in [5, 5.41) is 0. The third-order valence-electron chi connectivity index (χ3n) is 3.47. The highest BCUT2D eigenvalue weighted by Gasteiger charge is 2.41. The minimum absolute atomic E-state index is 0.486. The Kier molecular flexibility index (Phi) is 1.82. The van der Waals surface area contributed by atoms with Crippen molar-refractivity contribution >= 4 is 11.6 Å². The third-order valence-corrected chi connectivity index (χ3v) is 3.47. The van der Waals surface area contributed by atoms with Gasteiger partial charge in [-0.25, -0.2) is 9.97 Å². The normalized spacial score (nSPS) is 30.1. The first-order valence-corrected chi connectivity index (χ1v) is 5.28. The molecule has 0 radical (unpaired) electrons.